The third kappa shape index (κ3) is 3.03. The van der Waals surface area contributed by atoms with Crippen molar-refractivity contribution < 1.29 is 13.5 Å². The predicted molar refractivity (Wildman–Crippen MR) is 70.8 cm³/mol. The molecule has 1 aromatic rings. The van der Waals surface area contributed by atoms with Crippen LogP contribution >= 0.6 is 0 Å². The summed E-state index contributed by atoms with van der Waals surface area (Å²) in [5, 5.41) is 9.23. The van der Waals surface area contributed by atoms with Crippen LogP contribution in [0.3, 0.4) is 0 Å². The maximum absolute atomic E-state index is 12.1. The Labute approximate surface area is 108 Å². The zero-order valence-corrected chi connectivity index (χ0v) is 11.5. The van der Waals surface area contributed by atoms with Gasteiger partial charge in [-0.15, -0.1) is 0 Å². The lowest BCUT2D eigenvalue weighted by atomic mass is 10.1. The second-order valence-corrected chi connectivity index (χ2v) is 7.08. The van der Waals surface area contributed by atoms with Gasteiger partial charge in [-0.25, -0.2) is 8.42 Å². The van der Waals surface area contributed by atoms with Crippen molar-refractivity contribution >= 4 is 10.0 Å². The minimum atomic E-state index is -3.18. The van der Waals surface area contributed by atoms with Crippen LogP contribution in [0.5, 0.6) is 5.75 Å². The second-order valence-electron chi connectivity index (χ2n) is 5.01. The van der Waals surface area contributed by atoms with Gasteiger partial charge in [-0.2, -0.15) is 4.31 Å². The highest BCUT2D eigenvalue weighted by atomic mass is 32.2. The number of sulfonamides is 1. The van der Waals surface area contributed by atoms with E-state index in [2.05, 4.69) is 0 Å². The van der Waals surface area contributed by atoms with E-state index in [0.29, 0.717) is 5.92 Å². The lowest BCUT2D eigenvalue weighted by Crippen LogP contribution is -2.32. The fourth-order valence-corrected chi connectivity index (χ4v) is 3.67. The van der Waals surface area contributed by atoms with Gasteiger partial charge in [0.1, 0.15) is 5.75 Å². The van der Waals surface area contributed by atoms with Crippen LogP contribution in [-0.4, -0.2) is 30.6 Å². The van der Waals surface area contributed by atoms with Crippen molar-refractivity contribution in [3.8, 4) is 5.75 Å². The normalized spacial score (nSPS) is 17.9. The molecule has 100 valence electrons. The minimum Gasteiger partial charge on any atom is -0.508 e. The van der Waals surface area contributed by atoms with Crippen LogP contribution < -0.4 is 0 Å². The first kappa shape index (κ1) is 13.4. The van der Waals surface area contributed by atoms with Crippen molar-refractivity contribution in [1.82, 2.24) is 4.31 Å². The van der Waals surface area contributed by atoms with Gasteiger partial charge in [0, 0.05) is 13.1 Å². The van der Waals surface area contributed by atoms with E-state index in [1.807, 2.05) is 6.92 Å². The third-order valence-corrected chi connectivity index (χ3v) is 5.59. The Hall–Kier alpha value is -1.07. The van der Waals surface area contributed by atoms with Crippen molar-refractivity contribution in [2.75, 3.05) is 12.8 Å². The van der Waals surface area contributed by atoms with Gasteiger partial charge in [0.25, 0.3) is 0 Å². The van der Waals surface area contributed by atoms with Gasteiger partial charge in [0.15, 0.2) is 0 Å². The Kier molecular flexibility index (Phi) is 3.64. The van der Waals surface area contributed by atoms with Gasteiger partial charge in [0.2, 0.25) is 10.0 Å². The Balaban J connectivity index is 2.11. The molecule has 5 heteroatoms. The number of hydrogen-bond acceptors (Lipinski definition) is 3. The maximum Gasteiger partial charge on any atom is 0.214 e. The summed E-state index contributed by atoms with van der Waals surface area (Å²) in [6.45, 7) is 1.86. The van der Waals surface area contributed by atoms with Crippen LogP contribution in [0.25, 0.3) is 0 Å². The molecule has 0 heterocycles. The molecule has 1 fully saturated rings. The van der Waals surface area contributed by atoms with Crippen LogP contribution in [0.15, 0.2) is 24.3 Å². The van der Waals surface area contributed by atoms with E-state index in [1.165, 1.54) is 4.31 Å². The molecular formula is C13H19NO3S. The summed E-state index contributed by atoms with van der Waals surface area (Å²) in [6.07, 6.45) is 2.06. The summed E-state index contributed by atoms with van der Waals surface area (Å²) in [7, 11) is -1.56. The van der Waals surface area contributed by atoms with Crippen molar-refractivity contribution in [3.63, 3.8) is 0 Å². The molecule has 4 nitrogen and oxygen atoms in total. The topological polar surface area (TPSA) is 57.6 Å². The molecule has 2 rings (SSSR count). The van der Waals surface area contributed by atoms with Crippen molar-refractivity contribution in [1.29, 1.82) is 0 Å². The van der Waals surface area contributed by atoms with E-state index in [-0.39, 0.29) is 17.5 Å². The molecule has 1 atom stereocenters. The molecule has 0 bridgehead atoms. The average Bonchev–Trinajstić information content (AvgIpc) is 3.11. The molecule has 18 heavy (non-hydrogen) atoms. The molecule has 0 spiro atoms. The second kappa shape index (κ2) is 4.90. The van der Waals surface area contributed by atoms with Crippen LogP contribution in [0.4, 0.5) is 0 Å². The number of rotatable bonds is 5. The number of aromatic hydroxyl groups is 1. The molecule has 0 aliphatic heterocycles. The van der Waals surface area contributed by atoms with Gasteiger partial charge in [-0.05, 0) is 43.4 Å². The molecule has 1 unspecified atom stereocenters. The molecule has 0 amide bonds. The first-order valence-electron chi connectivity index (χ1n) is 6.15. The SMILES string of the molecule is CC(c1ccc(O)cc1)N(C)S(=O)(=O)CC1CC1. The molecule has 1 N–H and O–H groups in total. The standard InChI is InChI=1S/C13H19NO3S/c1-10(12-5-7-13(15)8-6-12)14(2)18(16,17)9-11-3-4-11/h5-8,10-11,15H,3-4,9H2,1-2H3. The van der Waals surface area contributed by atoms with Crippen LogP contribution in [0, 0.1) is 5.92 Å². The summed E-state index contributed by atoms with van der Waals surface area (Å²) in [5.41, 5.74) is 0.884. The number of phenolic OH excluding ortho intramolecular Hbond substituents is 1. The third-order valence-electron chi connectivity index (χ3n) is 3.50. The fraction of sp³-hybridized carbons (Fsp3) is 0.538. The highest BCUT2D eigenvalue weighted by Crippen LogP contribution is 2.32. The van der Waals surface area contributed by atoms with Gasteiger partial charge in [-0.1, -0.05) is 12.1 Å². The van der Waals surface area contributed by atoms with Gasteiger partial charge < -0.3 is 5.11 Å². The molecular weight excluding hydrogens is 250 g/mol. The van der Waals surface area contributed by atoms with Crippen LogP contribution in [-0.2, 0) is 10.0 Å². The van der Waals surface area contributed by atoms with Gasteiger partial charge in [-0.3, -0.25) is 0 Å². The number of nitrogens with zero attached hydrogens (tertiary/aromatic N) is 1. The first-order chi connectivity index (χ1) is 8.40. The number of phenols is 1. The summed E-state index contributed by atoms with van der Waals surface area (Å²) in [5.74, 6) is 0.797. The number of hydrogen-bond donors (Lipinski definition) is 1. The predicted octanol–water partition coefficient (Wildman–Crippen LogP) is 2.12. The fourth-order valence-electron chi connectivity index (χ4n) is 1.90. The molecule has 0 saturated heterocycles. The smallest absolute Gasteiger partial charge is 0.214 e. The van der Waals surface area contributed by atoms with E-state index in [4.69, 9.17) is 0 Å². The molecule has 1 aromatic carbocycles. The largest absolute Gasteiger partial charge is 0.508 e. The lowest BCUT2D eigenvalue weighted by molar-refractivity contribution is 0.396. The van der Waals surface area contributed by atoms with E-state index in [1.54, 1.807) is 31.3 Å². The maximum atomic E-state index is 12.1. The van der Waals surface area contributed by atoms with Gasteiger partial charge >= 0.3 is 0 Å². The molecule has 1 saturated carbocycles. The zero-order chi connectivity index (χ0) is 13.3. The van der Waals surface area contributed by atoms with E-state index >= 15 is 0 Å². The summed E-state index contributed by atoms with van der Waals surface area (Å²) >= 11 is 0. The Bertz CT molecular complexity index is 506. The highest BCUT2D eigenvalue weighted by Gasteiger charge is 2.32. The van der Waals surface area contributed by atoms with Crippen LogP contribution in [0.1, 0.15) is 31.4 Å². The molecule has 0 radical (unpaired) electrons. The summed E-state index contributed by atoms with van der Waals surface area (Å²) in [4.78, 5) is 0. The number of benzene rings is 1. The quantitative estimate of drug-likeness (QED) is 0.890. The van der Waals surface area contributed by atoms with E-state index in [0.717, 1.165) is 18.4 Å². The van der Waals surface area contributed by atoms with Gasteiger partial charge in [0.05, 0.1) is 5.75 Å². The minimum absolute atomic E-state index is 0.189. The average molecular weight is 269 g/mol. The summed E-state index contributed by atoms with van der Waals surface area (Å²) < 4.78 is 25.7. The molecule has 1 aliphatic carbocycles. The highest BCUT2D eigenvalue weighted by molar-refractivity contribution is 7.89. The monoisotopic (exact) mass is 269 g/mol. The lowest BCUT2D eigenvalue weighted by Gasteiger charge is -2.24. The Morgan fingerprint density at radius 3 is 2.39 bits per heavy atom. The van der Waals surface area contributed by atoms with Crippen molar-refractivity contribution in [2.45, 2.75) is 25.8 Å². The van der Waals surface area contributed by atoms with Crippen molar-refractivity contribution in [2.24, 2.45) is 5.92 Å². The zero-order valence-electron chi connectivity index (χ0n) is 10.7. The molecule has 1 aliphatic rings. The molecule has 0 aromatic heterocycles. The van der Waals surface area contributed by atoms with Crippen LogP contribution in [0.2, 0.25) is 0 Å². The van der Waals surface area contributed by atoms with Crippen molar-refractivity contribution in [3.05, 3.63) is 29.8 Å². The van der Waals surface area contributed by atoms with E-state index in [9.17, 15) is 13.5 Å². The van der Waals surface area contributed by atoms with E-state index < -0.39 is 10.0 Å². The first-order valence-corrected chi connectivity index (χ1v) is 7.75. The summed E-state index contributed by atoms with van der Waals surface area (Å²) in [6, 6.07) is 6.45. The Morgan fingerprint density at radius 2 is 1.89 bits per heavy atom. The Morgan fingerprint density at radius 1 is 1.33 bits per heavy atom.